The summed E-state index contributed by atoms with van der Waals surface area (Å²) in [4.78, 5) is 14.8. The van der Waals surface area contributed by atoms with Crippen LogP contribution < -0.4 is 5.56 Å². The molecule has 0 aliphatic rings. The van der Waals surface area contributed by atoms with Gasteiger partial charge in [-0.05, 0) is 25.1 Å². The van der Waals surface area contributed by atoms with Gasteiger partial charge >= 0.3 is 6.18 Å². The number of hydrogen-bond acceptors (Lipinski definition) is 4. The van der Waals surface area contributed by atoms with Crippen molar-refractivity contribution in [3.63, 3.8) is 0 Å². The lowest BCUT2D eigenvalue weighted by molar-refractivity contribution is -0.137. The number of benzene rings is 2. The normalized spacial score (nSPS) is 11.5. The Balaban J connectivity index is 2.15. The SMILES string of the molecule is Cc1c(N=Nc2cccc(C(F)(F)F)c2)c(-c2ccccc2)[nH]c(=O)c1C#N. The Morgan fingerprint density at radius 1 is 1.04 bits per heavy atom. The number of aromatic amines is 1. The van der Waals surface area contributed by atoms with Crippen LogP contribution in [-0.4, -0.2) is 4.98 Å². The third-order valence-corrected chi connectivity index (χ3v) is 4.05. The summed E-state index contributed by atoms with van der Waals surface area (Å²) in [6, 6.07) is 15.0. The quantitative estimate of drug-likeness (QED) is 0.593. The summed E-state index contributed by atoms with van der Waals surface area (Å²) in [6.45, 7) is 1.54. The molecule has 5 nitrogen and oxygen atoms in total. The molecule has 0 saturated carbocycles. The maximum atomic E-state index is 12.9. The summed E-state index contributed by atoms with van der Waals surface area (Å²) in [5.41, 5.74) is -0.0841. The first kappa shape index (κ1) is 19.0. The molecule has 140 valence electrons. The van der Waals surface area contributed by atoms with Gasteiger partial charge in [0.25, 0.3) is 5.56 Å². The minimum absolute atomic E-state index is 0.00190. The largest absolute Gasteiger partial charge is 0.416 e. The van der Waals surface area contributed by atoms with Gasteiger partial charge in [0.1, 0.15) is 17.3 Å². The third-order valence-electron chi connectivity index (χ3n) is 4.05. The smallest absolute Gasteiger partial charge is 0.319 e. The van der Waals surface area contributed by atoms with Gasteiger partial charge in [0.2, 0.25) is 0 Å². The van der Waals surface area contributed by atoms with Crippen LogP contribution in [0.3, 0.4) is 0 Å². The zero-order valence-electron chi connectivity index (χ0n) is 14.6. The second kappa shape index (κ2) is 7.48. The maximum absolute atomic E-state index is 12.9. The van der Waals surface area contributed by atoms with E-state index in [0.29, 0.717) is 16.8 Å². The summed E-state index contributed by atoms with van der Waals surface area (Å²) in [7, 11) is 0. The van der Waals surface area contributed by atoms with Crippen molar-refractivity contribution < 1.29 is 13.2 Å². The molecule has 0 unspecified atom stereocenters. The summed E-state index contributed by atoms with van der Waals surface area (Å²) in [6.07, 6.45) is -4.50. The van der Waals surface area contributed by atoms with Crippen molar-refractivity contribution in [2.75, 3.05) is 0 Å². The molecule has 3 aromatic rings. The number of nitrogens with one attached hydrogen (secondary N) is 1. The van der Waals surface area contributed by atoms with Gasteiger partial charge in [-0.15, -0.1) is 5.11 Å². The molecule has 0 spiro atoms. The van der Waals surface area contributed by atoms with Crippen molar-refractivity contribution in [1.29, 1.82) is 5.26 Å². The lowest BCUT2D eigenvalue weighted by Gasteiger charge is -2.09. The predicted molar refractivity (Wildman–Crippen MR) is 97.6 cm³/mol. The van der Waals surface area contributed by atoms with Crippen LogP contribution in [0.25, 0.3) is 11.3 Å². The number of nitrogens with zero attached hydrogens (tertiary/aromatic N) is 3. The fourth-order valence-corrected chi connectivity index (χ4v) is 2.64. The van der Waals surface area contributed by atoms with Crippen molar-refractivity contribution in [2.24, 2.45) is 10.2 Å². The van der Waals surface area contributed by atoms with E-state index in [0.717, 1.165) is 12.1 Å². The van der Waals surface area contributed by atoms with E-state index in [1.54, 1.807) is 37.3 Å². The van der Waals surface area contributed by atoms with Crippen LogP contribution in [0.4, 0.5) is 24.5 Å². The number of alkyl halides is 3. The number of hydrogen-bond donors (Lipinski definition) is 1. The number of rotatable bonds is 3. The van der Waals surface area contributed by atoms with Crippen LogP contribution in [0, 0.1) is 18.3 Å². The first-order valence-corrected chi connectivity index (χ1v) is 8.12. The van der Waals surface area contributed by atoms with Gasteiger partial charge in [0.05, 0.1) is 16.9 Å². The fourth-order valence-electron chi connectivity index (χ4n) is 2.64. The second-order valence-electron chi connectivity index (χ2n) is 5.90. The molecular weight excluding hydrogens is 369 g/mol. The minimum atomic E-state index is -4.50. The highest BCUT2D eigenvalue weighted by atomic mass is 19.4. The summed E-state index contributed by atoms with van der Waals surface area (Å²) < 4.78 is 38.6. The number of H-pyrrole nitrogens is 1. The van der Waals surface area contributed by atoms with E-state index in [2.05, 4.69) is 15.2 Å². The number of halogens is 3. The highest BCUT2D eigenvalue weighted by Crippen LogP contribution is 2.34. The maximum Gasteiger partial charge on any atom is 0.416 e. The van der Waals surface area contributed by atoms with Crippen LogP contribution in [0.1, 0.15) is 16.7 Å². The Morgan fingerprint density at radius 3 is 2.39 bits per heavy atom. The molecule has 0 saturated heterocycles. The molecule has 1 N–H and O–H groups in total. The van der Waals surface area contributed by atoms with E-state index in [-0.39, 0.29) is 16.9 Å². The van der Waals surface area contributed by atoms with Gasteiger partial charge in [-0.3, -0.25) is 4.79 Å². The average Bonchev–Trinajstić information content (AvgIpc) is 2.67. The standard InChI is InChI=1S/C20H13F3N4O/c1-12-16(11-24)19(28)25-18(13-6-3-2-4-7-13)17(12)27-26-15-9-5-8-14(10-15)20(21,22)23/h2-10H,1H3,(H,25,28). The summed E-state index contributed by atoms with van der Waals surface area (Å²) >= 11 is 0. The van der Waals surface area contributed by atoms with Gasteiger partial charge in [-0.1, -0.05) is 36.4 Å². The molecule has 0 fully saturated rings. The average molecular weight is 382 g/mol. The molecule has 0 radical (unpaired) electrons. The van der Waals surface area contributed by atoms with Gasteiger partial charge in [-0.2, -0.15) is 23.5 Å². The van der Waals surface area contributed by atoms with E-state index in [9.17, 15) is 23.2 Å². The fraction of sp³-hybridized carbons (Fsp3) is 0.100. The van der Waals surface area contributed by atoms with Crippen LogP contribution in [0.5, 0.6) is 0 Å². The van der Waals surface area contributed by atoms with Crippen LogP contribution in [0.15, 0.2) is 69.6 Å². The Bertz CT molecular complexity index is 1140. The molecule has 1 heterocycles. The lowest BCUT2D eigenvalue weighted by Crippen LogP contribution is -2.13. The molecule has 0 amide bonds. The number of nitriles is 1. The Kier molecular flexibility index (Phi) is 5.09. The molecule has 0 atom stereocenters. The van der Waals surface area contributed by atoms with E-state index in [4.69, 9.17) is 0 Å². The van der Waals surface area contributed by atoms with Crippen molar-refractivity contribution in [1.82, 2.24) is 4.98 Å². The van der Waals surface area contributed by atoms with Crippen LogP contribution in [0.2, 0.25) is 0 Å². The third kappa shape index (κ3) is 3.83. The van der Waals surface area contributed by atoms with Crippen molar-refractivity contribution >= 4 is 11.4 Å². The first-order valence-electron chi connectivity index (χ1n) is 8.12. The molecule has 0 aliphatic heterocycles. The van der Waals surface area contributed by atoms with E-state index in [1.165, 1.54) is 12.1 Å². The number of pyridine rings is 1. The highest BCUT2D eigenvalue weighted by molar-refractivity contribution is 5.75. The zero-order valence-corrected chi connectivity index (χ0v) is 14.6. The second-order valence-corrected chi connectivity index (χ2v) is 5.90. The van der Waals surface area contributed by atoms with Gasteiger partial charge in [-0.25, -0.2) is 0 Å². The Morgan fingerprint density at radius 2 is 1.75 bits per heavy atom. The van der Waals surface area contributed by atoms with Gasteiger partial charge in [0.15, 0.2) is 0 Å². The molecule has 8 heteroatoms. The number of aromatic nitrogens is 1. The topological polar surface area (TPSA) is 81.4 Å². The van der Waals surface area contributed by atoms with E-state index >= 15 is 0 Å². The van der Waals surface area contributed by atoms with E-state index < -0.39 is 17.3 Å². The molecular formula is C20H13F3N4O. The molecule has 1 aromatic heterocycles. The lowest BCUT2D eigenvalue weighted by atomic mass is 10.0. The van der Waals surface area contributed by atoms with Crippen molar-refractivity contribution in [3.05, 3.63) is 81.6 Å². The predicted octanol–water partition coefficient (Wildman–Crippen LogP) is 5.66. The number of azo groups is 1. The molecule has 3 rings (SSSR count). The Labute approximate surface area is 157 Å². The molecule has 0 bridgehead atoms. The van der Waals surface area contributed by atoms with Crippen molar-refractivity contribution in [2.45, 2.75) is 13.1 Å². The Hall–Kier alpha value is -3.73. The molecule has 28 heavy (non-hydrogen) atoms. The molecule has 0 aliphatic carbocycles. The van der Waals surface area contributed by atoms with Gasteiger partial charge in [0, 0.05) is 11.1 Å². The highest BCUT2D eigenvalue weighted by Gasteiger charge is 2.30. The summed E-state index contributed by atoms with van der Waals surface area (Å²) in [5, 5.41) is 17.2. The zero-order chi connectivity index (χ0) is 20.3. The minimum Gasteiger partial charge on any atom is -0.319 e. The van der Waals surface area contributed by atoms with Crippen molar-refractivity contribution in [3.8, 4) is 17.3 Å². The van der Waals surface area contributed by atoms with Gasteiger partial charge < -0.3 is 4.98 Å². The monoisotopic (exact) mass is 382 g/mol. The summed E-state index contributed by atoms with van der Waals surface area (Å²) in [5.74, 6) is 0. The van der Waals surface area contributed by atoms with E-state index in [1.807, 2.05) is 6.07 Å². The molecule has 2 aromatic carbocycles. The van der Waals surface area contributed by atoms with Crippen LogP contribution >= 0.6 is 0 Å². The van der Waals surface area contributed by atoms with Crippen LogP contribution in [-0.2, 0) is 6.18 Å². The first-order chi connectivity index (χ1) is 13.3.